The molecule has 4 nitrogen and oxygen atoms in total. The third kappa shape index (κ3) is 5.09. The quantitative estimate of drug-likeness (QED) is 0.441. The molecule has 134 valence electrons. The van der Waals surface area contributed by atoms with Crippen molar-refractivity contribution < 1.29 is 0 Å². The summed E-state index contributed by atoms with van der Waals surface area (Å²) < 4.78 is 0. The van der Waals surface area contributed by atoms with Crippen molar-refractivity contribution in [3.05, 3.63) is 35.4 Å². The fourth-order valence-electron chi connectivity index (χ4n) is 3.68. The number of aliphatic imine (C=N–C) groups is 1. The molecule has 3 rings (SSSR count). The molecule has 0 saturated carbocycles. The van der Waals surface area contributed by atoms with Crippen LogP contribution in [-0.4, -0.2) is 48.5 Å². The zero-order chi connectivity index (χ0) is 16.1. The number of halogens is 1. The Bertz CT molecular complexity index is 517. The topological polar surface area (TPSA) is 44.9 Å². The number of nitrogens with two attached hydrogens (primary N) is 1. The maximum absolute atomic E-state index is 6.26. The number of hydrogen-bond acceptors (Lipinski definition) is 2. The molecule has 1 atom stereocenters. The molecule has 0 spiro atoms. The fourth-order valence-corrected chi connectivity index (χ4v) is 3.68. The second-order valence-corrected chi connectivity index (χ2v) is 6.92. The van der Waals surface area contributed by atoms with Gasteiger partial charge in [0.2, 0.25) is 0 Å². The predicted molar refractivity (Wildman–Crippen MR) is 112 cm³/mol. The van der Waals surface area contributed by atoms with Crippen molar-refractivity contribution in [1.82, 2.24) is 9.80 Å². The molecule has 2 heterocycles. The minimum Gasteiger partial charge on any atom is -0.370 e. The van der Waals surface area contributed by atoms with Gasteiger partial charge in [0.15, 0.2) is 5.96 Å². The minimum atomic E-state index is 0. The number of rotatable bonds is 4. The van der Waals surface area contributed by atoms with Gasteiger partial charge < -0.3 is 10.6 Å². The number of likely N-dealkylation sites (tertiary alicyclic amines) is 2. The Kier molecular flexibility index (Phi) is 7.81. The first-order valence-corrected chi connectivity index (χ1v) is 9.09. The monoisotopic (exact) mass is 442 g/mol. The van der Waals surface area contributed by atoms with Crippen LogP contribution in [0.15, 0.2) is 29.3 Å². The summed E-state index contributed by atoms with van der Waals surface area (Å²) >= 11 is 0. The highest BCUT2D eigenvalue weighted by atomic mass is 127. The summed E-state index contributed by atoms with van der Waals surface area (Å²) in [5.74, 6) is 0.737. The van der Waals surface area contributed by atoms with Crippen LogP contribution in [0.3, 0.4) is 0 Å². The molecule has 1 aromatic carbocycles. The van der Waals surface area contributed by atoms with Gasteiger partial charge in [0.25, 0.3) is 0 Å². The van der Waals surface area contributed by atoms with Crippen LogP contribution in [0, 0.1) is 6.92 Å². The summed E-state index contributed by atoms with van der Waals surface area (Å²) in [6, 6.07) is 9.28. The first-order valence-electron chi connectivity index (χ1n) is 9.09. The molecule has 2 fully saturated rings. The maximum atomic E-state index is 6.26. The second kappa shape index (κ2) is 9.61. The van der Waals surface area contributed by atoms with Crippen molar-refractivity contribution in [2.75, 3.05) is 32.7 Å². The van der Waals surface area contributed by atoms with Crippen molar-refractivity contribution in [3.8, 4) is 0 Å². The SMILES string of the molecule is Cc1ccc(C(CN=C(N)N2CCCCC2)N2CCCC2)cc1.I. The van der Waals surface area contributed by atoms with E-state index in [1.165, 1.54) is 56.3 Å². The number of hydrogen-bond donors (Lipinski definition) is 1. The number of aryl methyl sites for hydroxylation is 1. The van der Waals surface area contributed by atoms with Crippen molar-refractivity contribution in [2.45, 2.75) is 45.1 Å². The molecular weight excluding hydrogens is 411 g/mol. The predicted octanol–water partition coefficient (Wildman–Crippen LogP) is 3.55. The molecule has 24 heavy (non-hydrogen) atoms. The molecule has 0 aliphatic carbocycles. The van der Waals surface area contributed by atoms with E-state index >= 15 is 0 Å². The first-order chi connectivity index (χ1) is 11.2. The van der Waals surface area contributed by atoms with Crippen LogP contribution in [0.25, 0.3) is 0 Å². The van der Waals surface area contributed by atoms with Crippen LogP contribution in [0.5, 0.6) is 0 Å². The number of nitrogens with zero attached hydrogens (tertiary/aromatic N) is 3. The summed E-state index contributed by atoms with van der Waals surface area (Å²) in [5.41, 5.74) is 8.93. The van der Waals surface area contributed by atoms with Gasteiger partial charge in [0.05, 0.1) is 12.6 Å². The first kappa shape index (κ1) is 19.5. The zero-order valence-corrected chi connectivity index (χ0v) is 17.1. The normalized spacial score (nSPS) is 20.7. The van der Waals surface area contributed by atoms with Crippen LogP contribution in [0.4, 0.5) is 0 Å². The van der Waals surface area contributed by atoms with E-state index in [-0.39, 0.29) is 24.0 Å². The van der Waals surface area contributed by atoms with Crippen molar-refractivity contribution >= 4 is 29.9 Å². The zero-order valence-electron chi connectivity index (χ0n) is 14.8. The van der Waals surface area contributed by atoms with Crippen LogP contribution in [-0.2, 0) is 0 Å². The molecule has 2 N–H and O–H groups in total. The maximum Gasteiger partial charge on any atom is 0.191 e. The molecular formula is C19H31IN4. The third-order valence-electron chi connectivity index (χ3n) is 5.15. The van der Waals surface area contributed by atoms with Gasteiger partial charge in [-0.1, -0.05) is 29.8 Å². The van der Waals surface area contributed by atoms with Gasteiger partial charge in [-0.2, -0.15) is 0 Å². The van der Waals surface area contributed by atoms with Crippen molar-refractivity contribution in [1.29, 1.82) is 0 Å². The molecule has 0 aromatic heterocycles. The molecule has 0 bridgehead atoms. The Morgan fingerprint density at radius 2 is 1.58 bits per heavy atom. The molecule has 5 heteroatoms. The van der Waals surface area contributed by atoms with E-state index < -0.39 is 0 Å². The average molecular weight is 442 g/mol. The highest BCUT2D eigenvalue weighted by molar-refractivity contribution is 14.0. The Hall–Kier alpha value is -0.820. The Morgan fingerprint density at radius 1 is 1.00 bits per heavy atom. The van der Waals surface area contributed by atoms with E-state index in [1.54, 1.807) is 0 Å². The minimum absolute atomic E-state index is 0. The lowest BCUT2D eigenvalue weighted by atomic mass is 10.0. The largest absolute Gasteiger partial charge is 0.370 e. The number of guanidine groups is 1. The molecule has 2 aliphatic rings. The highest BCUT2D eigenvalue weighted by Crippen LogP contribution is 2.26. The van der Waals surface area contributed by atoms with Crippen LogP contribution < -0.4 is 5.73 Å². The molecule has 1 unspecified atom stereocenters. The standard InChI is InChI=1S/C19H30N4.HI/c1-16-7-9-17(10-8-16)18(22-11-5-6-12-22)15-21-19(20)23-13-3-2-4-14-23;/h7-10,18H,2-6,11-15H2,1H3,(H2,20,21);1H. The van der Waals surface area contributed by atoms with Crippen molar-refractivity contribution in [3.63, 3.8) is 0 Å². The van der Waals surface area contributed by atoms with Crippen molar-refractivity contribution in [2.24, 2.45) is 10.7 Å². The van der Waals surface area contributed by atoms with Gasteiger partial charge >= 0.3 is 0 Å². The van der Waals surface area contributed by atoms with Crippen LogP contribution >= 0.6 is 24.0 Å². The fraction of sp³-hybridized carbons (Fsp3) is 0.632. The molecule has 2 saturated heterocycles. The smallest absolute Gasteiger partial charge is 0.191 e. The second-order valence-electron chi connectivity index (χ2n) is 6.92. The lowest BCUT2D eigenvalue weighted by molar-refractivity contribution is 0.250. The van der Waals surface area contributed by atoms with E-state index in [4.69, 9.17) is 10.7 Å². The van der Waals surface area contributed by atoms with Crippen LogP contribution in [0.2, 0.25) is 0 Å². The van der Waals surface area contributed by atoms with E-state index in [9.17, 15) is 0 Å². The van der Waals surface area contributed by atoms with Gasteiger partial charge in [0, 0.05) is 13.1 Å². The number of piperidine rings is 1. The highest BCUT2D eigenvalue weighted by Gasteiger charge is 2.23. The molecule has 1 aromatic rings. The Balaban J connectivity index is 0.00000208. The summed E-state index contributed by atoms with van der Waals surface area (Å²) in [4.78, 5) is 9.59. The van der Waals surface area contributed by atoms with Crippen LogP contribution in [0.1, 0.15) is 49.3 Å². The molecule has 0 radical (unpaired) electrons. The van der Waals surface area contributed by atoms with E-state index in [0.29, 0.717) is 6.04 Å². The summed E-state index contributed by atoms with van der Waals surface area (Å²) in [6.45, 7) is 7.39. The Labute approximate surface area is 163 Å². The van der Waals surface area contributed by atoms with E-state index in [2.05, 4.69) is 41.0 Å². The van der Waals surface area contributed by atoms with E-state index in [0.717, 1.165) is 25.6 Å². The van der Waals surface area contributed by atoms with Gasteiger partial charge in [-0.3, -0.25) is 9.89 Å². The van der Waals surface area contributed by atoms with Gasteiger partial charge in [-0.05, 0) is 57.7 Å². The van der Waals surface area contributed by atoms with E-state index in [1.807, 2.05) is 0 Å². The third-order valence-corrected chi connectivity index (χ3v) is 5.15. The number of benzene rings is 1. The summed E-state index contributed by atoms with van der Waals surface area (Å²) in [7, 11) is 0. The van der Waals surface area contributed by atoms with Gasteiger partial charge in [-0.15, -0.1) is 24.0 Å². The lowest BCUT2D eigenvalue weighted by Gasteiger charge is -2.30. The molecule has 0 amide bonds. The summed E-state index contributed by atoms with van der Waals surface area (Å²) in [5, 5.41) is 0. The average Bonchev–Trinajstić information content (AvgIpc) is 3.11. The van der Waals surface area contributed by atoms with Gasteiger partial charge in [-0.25, -0.2) is 0 Å². The van der Waals surface area contributed by atoms with Gasteiger partial charge in [0.1, 0.15) is 0 Å². The lowest BCUT2D eigenvalue weighted by Crippen LogP contribution is -2.41. The summed E-state index contributed by atoms with van der Waals surface area (Å²) in [6.07, 6.45) is 6.40. The Morgan fingerprint density at radius 3 is 2.21 bits per heavy atom. The molecule has 2 aliphatic heterocycles.